The molecule has 1 amide bonds. The van der Waals surface area contributed by atoms with E-state index in [0.717, 1.165) is 0 Å². The van der Waals surface area contributed by atoms with E-state index in [4.69, 9.17) is 5.26 Å². The molecule has 114 valence electrons. The summed E-state index contributed by atoms with van der Waals surface area (Å²) in [4.78, 5) is 11.8. The van der Waals surface area contributed by atoms with E-state index in [9.17, 15) is 18.0 Å². The Morgan fingerprint density at radius 2 is 1.95 bits per heavy atom. The maximum Gasteiger partial charge on any atom is 0.422 e. The first-order valence-corrected chi connectivity index (χ1v) is 6.08. The second-order valence-corrected chi connectivity index (χ2v) is 5.43. The quantitative estimate of drug-likeness (QED) is 0.929. The first kappa shape index (κ1) is 16.8. The van der Waals surface area contributed by atoms with Gasteiger partial charge in [-0.15, -0.1) is 0 Å². The molecule has 0 atom stereocenters. The molecule has 0 spiro atoms. The number of anilines is 1. The van der Waals surface area contributed by atoms with Crippen LogP contribution in [0.5, 0.6) is 5.75 Å². The lowest BCUT2D eigenvalue weighted by molar-refractivity contribution is -0.153. The molecule has 1 rings (SSSR count). The van der Waals surface area contributed by atoms with Crippen molar-refractivity contribution >= 4 is 11.6 Å². The number of benzene rings is 1. The summed E-state index contributed by atoms with van der Waals surface area (Å²) >= 11 is 0. The summed E-state index contributed by atoms with van der Waals surface area (Å²) in [5.74, 6) is -0.445. The van der Waals surface area contributed by atoms with Gasteiger partial charge in [0.1, 0.15) is 11.8 Å². The minimum Gasteiger partial charge on any atom is -0.483 e. The molecule has 4 nitrogen and oxygen atoms in total. The number of ether oxygens (including phenoxy) is 1. The molecule has 7 heteroatoms. The Bertz CT molecular complexity index is 569. The molecule has 0 bridgehead atoms. The number of nitrogens with zero attached hydrogens (tertiary/aromatic N) is 1. The minimum absolute atomic E-state index is 0.0778. The molecule has 1 N–H and O–H groups in total. The lowest BCUT2D eigenvalue weighted by Crippen LogP contribution is -2.27. The van der Waals surface area contributed by atoms with Crippen LogP contribution in [0.1, 0.15) is 26.3 Å². The number of rotatable bonds is 3. The first-order valence-electron chi connectivity index (χ1n) is 6.08. The predicted molar refractivity (Wildman–Crippen MR) is 70.8 cm³/mol. The third-order valence-electron chi connectivity index (χ3n) is 2.43. The van der Waals surface area contributed by atoms with Gasteiger partial charge in [0.15, 0.2) is 6.61 Å². The molecular formula is C14H15F3N2O2. The van der Waals surface area contributed by atoms with Crippen LogP contribution >= 0.6 is 0 Å². The second kappa shape index (κ2) is 6.04. The van der Waals surface area contributed by atoms with Crippen molar-refractivity contribution in [3.63, 3.8) is 0 Å². The van der Waals surface area contributed by atoms with Crippen molar-refractivity contribution in [2.24, 2.45) is 5.41 Å². The van der Waals surface area contributed by atoms with Gasteiger partial charge in [0, 0.05) is 11.1 Å². The van der Waals surface area contributed by atoms with E-state index < -0.39 is 18.2 Å². The summed E-state index contributed by atoms with van der Waals surface area (Å²) in [5.41, 5.74) is -0.380. The number of nitriles is 1. The summed E-state index contributed by atoms with van der Waals surface area (Å²) < 4.78 is 40.8. The number of carbonyl (C=O) groups excluding carboxylic acids is 1. The Labute approximate surface area is 120 Å². The largest absolute Gasteiger partial charge is 0.483 e. The van der Waals surface area contributed by atoms with Gasteiger partial charge in [0.05, 0.1) is 5.56 Å². The van der Waals surface area contributed by atoms with E-state index in [1.807, 2.05) is 0 Å². The van der Waals surface area contributed by atoms with Gasteiger partial charge in [-0.3, -0.25) is 4.79 Å². The Hall–Kier alpha value is -2.23. The Kier molecular flexibility index (Phi) is 4.84. The van der Waals surface area contributed by atoms with Crippen LogP contribution in [-0.4, -0.2) is 18.7 Å². The number of hydrogen-bond donors (Lipinski definition) is 1. The highest BCUT2D eigenvalue weighted by molar-refractivity contribution is 5.94. The number of halogens is 3. The summed E-state index contributed by atoms with van der Waals surface area (Å²) in [6.45, 7) is 3.67. The predicted octanol–water partition coefficient (Wildman–Crippen LogP) is 3.48. The van der Waals surface area contributed by atoms with Gasteiger partial charge in [-0.2, -0.15) is 18.4 Å². The highest BCUT2D eigenvalue weighted by Gasteiger charge is 2.29. The van der Waals surface area contributed by atoms with E-state index >= 15 is 0 Å². The molecule has 1 aromatic rings. The average molecular weight is 300 g/mol. The van der Waals surface area contributed by atoms with Crippen molar-refractivity contribution in [1.82, 2.24) is 0 Å². The fourth-order valence-electron chi connectivity index (χ4n) is 1.30. The molecule has 0 saturated heterocycles. The standard InChI is InChI=1S/C14H15F3N2O2/c1-13(2,3)12(20)19-10-4-5-11(9(6-10)7-18)21-8-14(15,16)17/h4-6H,8H2,1-3H3,(H,19,20). The SMILES string of the molecule is CC(C)(C)C(=O)Nc1ccc(OCC(F)(F)F)c(C#N)c1. The van der Waals surface area contributed by atoms with Crippen molar-refractivity contribution in [3.05, 3.63) is 23.8 Å². The van der Waals surface area contributed by atoms with Crippen LogP contribution in [0, 0.1) is 16.7 Å². The summed E-state index contributed by atoms with van der Waals surface area (Å²) in [7, 11) is 0. The van der Waals surface area contributed by atoms with Crippen LogP contribution in [0.15, 0.2) is 18.2 Å². The molecule has 0 aliphatic heterocycles. The summed E-state index contributed by atoms with van der Waals surface area (Å²) in [6, 6.07) is 5.62. The molecule has 0 heterocycles. The average Bonchev–Trinajstić information content (AvgIpc) is 2.34. The molecule has 0 fully saturated rings. The van der Waals surface area contributed by atoms with E-state index in [-0.39, 0.29) is 17.2 Å². The van der Waals surface area contributed by atoms with Gasteiger partial charge < -0.3 is 10.1 Å². The van der Waals surface area contributed by atoms with Gasteiger partial charge in [-0.25, -0.2) is 0 Å². The molecule has 21 heavy (non-hydrogen) atoms. The zero-order chi connectivity index (χ0) is 16.3. The third-order valence-corrected chi connectivity index (χ3v) is 2.43. The molecule has 0 radical (unpaired) electrons. The van der Waals surface area contributed by atoms with Crippen LogP contribution in [0.2, 0.25) is 0 Å². The minimum atomic E-state index is -4.48. The number of carbonyl (C=O) groups is 1. The maximum atomic E-state index is 12.1. The highest BCUT2D eigenvalue weighted by atomic mass is 19.4. The van der Waals surface area contributed by atoms with Crippen LogP contribution < -0.4 is 10.1 Å². The molecule has 0 aliphatic rings. The Balaban J connectivity index is 2.90. The highest BCUT2D eigenvalue weighted by Crippen LogP contribution is 2.26. The monoisotopic (exact) mass is 300 g/mol. The van der Waals surface area contributed by atoms with Gasteiger partial charge in [0.25, 0.3) is 0 Å². The normalized spacial score (nSPS) is 11.7. The zero-order valence-electron chi connectivity index (χ0n) is 11.8. The van der Waals surface area contributed by atoms with Crippen LogP contribution in [0.4, 0.5) is 18.9 Å². The lowest BCUT2D eigenvalue weighted by atomic mass is 9.95. The van der Waals surface area contributed by atoms with Crippen molar-refractivity contribution in [2.45, 2.75) is 26.9 Å². The second-order valence-electron chi connectivity index (χ2n) is 5.43. The van der Waals surface area contributed by atoms with Crippen LogP contribution in [0.25, 0.3) is 0 Å². The molecule has 1 aromatic carbocycles. The fraction of sp³-hybridized carbons (Fsp3) is 0.429. The molecular weight excluding hydrogens is 285 g/mol. The summed E-state index contributed by atoms with van der Waals surface area (Å²) in [6.07, 6.45) is -4.48. The zero-order valence-corrected chi connectivity index (χ0v) is 11.8. The smallest absolute Gasteiger partial charge is 0.422 e. The van der Waals surface area contributed by atoms with E-state index in [2.05, 4.69) is 10.1 Å². The topological polar surface area (TPSA) is 62.1 Å². The molecule has 0 unspecified atom stereocenters. The van der Waals surface area contributed by atoms with E-state index in [0.29, 0.717) is 5.69 Å². The fourth-order valence-corrected chi connectivity index (χ4v) is 1.30. The van der Waals surface area contributed by atoms with Crippen LogP contribution in [0.3, 0.4) is 0 Å². The van der Waals surface area contributed by atoms with E-state index in [1.165, 1.54) is 18.2 Å². The molecule has 0 saturated carbocycles. The van der Waals surface area contributed by atoms with Gasteiger partial charge in [0.2, 0.25) is 5.91 Å². The number of nitrogens with one attached hydrogen (secondary N) is 1. The van der Waals surface area contributed by atoms with Crippen molar-refractivity contribution in [2.75, 3.05) is 11.9 Å². The number of amides is 1. The van der Waals surface area contributed by atoms with Gasteiger partial charge >= 0.3 is 6.18 Å². The lowest BCUT2D eigenvalue weighted by Gasteiger charge is -2.18. The third kappa shape index (κ3) is 5.34. The van der Waals surface area contributed by atoms with Crippen molar-refractivity contribution in [1.29, 1.82) is 5.26 Å². The Morgan fingerprint density at radius 3 is 2.43 bits per heavy atom. The van der Waals surface area contributed by atoms with Crippen molar-refractivity contribution in [3.8, 4) is 11.8 Å². The first-order chi connectivity index (χ1) is 9.53. The maximum absolute atomic E-state index is 12.1. The van der Waals surface area contributed by atoms with Crippen LogP contribution in [-0.2, 0) is 4.79 Å². The molecule has 0 aromatic heterocycles. The molecule has 0 aliphatic carbocycles. The van der Waals surface area contributed by atoms with Gasteiger partial charge in [-0.1, -0.05) is 20.8 Å². The summed E-state index contributed by atoms with van der Waals surface area (Å²) in [5, 5.41) is 11.5. The van der Waals surface area contributed by atoms with Gasteiger partial charge in [-0.05, 0) is 18.2 Å². The number of alkyl halides is 3. The Morgan fingerprint density at radius 1 is 1.33 bits per heavy atom. The number of hydrogen-bond acceptors (Lipinski definition) is 3. The van der Waals surface area contributed by atoms with Crippen molar-refractivity contribution < 1.29 is 22.7 Å². The van der Waals surface area contributed by atoms with E-state index in [1.54, 1.807) is 26.8 Å².